The third kappa shape index (κ3) is 3.22. The van der Waals surface area contributed by atoms with Gasteiger partial charge in [0.05, 0.1) is 16.3 Å². The molecule has 0 radical (unpaired) electrons. The molecule has 1 atom stereocenters. The van der Waals surface area contributed by atoms with E-state index < -0.39 is 0 Å². The van der Waals surface area contributed by atoms with Gasteiger partial charge in [-0.1, -0.05) is 42.1 Å². The first-order valence-corrected chi connectivity index (χ1v) is 10.8. The lowest BCUT2D eigenvalue weighted by Crippen LogP contribution is -2.12. The zero-order valence-electron chi connectivity index (χ0n) is 14.6. The van der Waals surface area contributed by atoms with Gasteiger partial charge in [0.1, 0.15) is 10.7 Å². The lowest BCUT2D eigenvalue weighted by atomic mass is 10.2. The second kappa shape index (κ2) is 6.98. The number of thiophene rings is 1. The second-order valence-corrected chi connectivity index (χ2v) is 9.69. The summed E-state index contributed by atoms with van der Waals surface area (Å²) in [7, 11) is 0. The zero-order valence-corrected chi connectivity index (χ0v) is 17.0. The Bertz CT molecular complexity index is 1130. The number of benzene rings is 1. The van der Waals surface area contributed by atoms with Crippen LogP contribution < -0.4 is 5.56 Å². The van der Waals surface area contributed by atoms with Crippen molar-refractivity contribution in [3.63, 3.8) is 0 Å². The highest BCUT2D eigenvalue weighted by Crippen LogP contribution is 2.37. The normalized spacial score (nSPS) is 12.6. The summed E-state index contributed by atoms with van der Waals surface area (Å²) in [6.07, 6.45) is 0. The van der Waals surface area contributed by atoms with E-state index >= 15 is 0 Å². The van der Waals surface area contributed by atoms with E-state index in [1.54, 1.807) is 34.4 Å². The molecule has 0 aliphatic rings. The molecule has 4 rings (SSSR count). The number of rotatable bonds is 4. The Morgan fingerprint density at radius 3 is 2.69 bits per heavy atom. The summed E-state index contributed by atoms with van der Waals surface area (Å²) in [4.78, 5) is 26.8. The van der Waals surface area contributed by atoms with Gasteiger partial charge in [0.15, 0.2) is 4.34 Å². The van der Waals surface area contributed by atoms with Crippen LogP contribution >= 0.6 is 34.4 Å². The van der Waals surface area contributed by atoms with Gasteiger partial charge in [-0.3, -0.25) is 4.79 Å². The molecule has 1 aromatic carbocycles. The Labute approximate surface area is 163 Å². The lowest BCUT2D eigenvalue weighted by Gasteiger charge is -2.08. The Morgan fingerprint density at radius 2 is 1.92 bits per heavy atom. The summed E-state index contributed by atoms with van der Waals surface area (Å²) < 4.78 is 0.970. The van der Waals surface area contributed by atoms with Crippen LogP contribution in [-0.4, -0.2) is 15.0 Å². The average molecular weight is 400 g/mol. The van der Waals surface area contributed by atoms with Crippen molar-refractivity contribution in [3.05, 3.63) is 62.3 Å². The monoisotopic (exact) mass is 399 g/mol. The molecule has 1 N–H and O–H groups in total. The van der Waals surface area contributed by atoms with E-state index in [0.717, 1.165) is 30.9 Å². The predicted molar refractivity (Wildman–Crippen MR) is 112 cm³/mol. The van der Waals surface area contributed by atoms with Crippen molar-refractivity contribution in [3.8, 4) is 11.3 Å². The number of H-pyrrole nitrogens is 1. The fourth-order valence-electron chi connectivity index (χ4n) is 2.72. The molecule has 4 aromatic rings. The van der Waals surface area contributed by atoms with Crippen molar-refractivity contribution in [1.82, 2.24) is 15.0 Å². The number of nitrogens with zero attached hydrogens (tertiary/aromatic N) is 2. The molecule has 0 saturated heterocycles. The van der Waals surface area contributed by atoms with Gasteiger partial charge in [-0.25, -0.2) is 9.97 Å². The molecule has 0 unspecified atom stereocenters. The van der Waals surface area contributed by atoms with E-state index in [9.17, 15) is 4.79 Å². The molecular formula is C19H17N3OS3. The fourth-order valence-corrected chi connectivity index (χ4v) is 5.79. The van der Waals surface area contributed by atoms with E-state index in [2.05, 4.69) is 22.5 Å². The number of hydrogen-bond acceptors (Lipinski definition) is 6. The van der Waals surface area contributed by atoms with E-state index in [0.29, 0.717) is 11.2 Å². The molecule has 0 aliphatic heterocycles. The maximum absolute atomic E-state index is 12.5. The van der Waals surface area contributed by atoms with Gasteiger partial charge >= 0.3 is 0 Å². The average Bonchev–Trinajstić information content (AvgIpc) is 3.21. The highest BCUT2D eigenvalue weighted by Gasteiger charge is 2.17. The molecule has 0 amide bonds. The second-order valence-electron chi connectivity index (χ2n) is 6.04. The molecule has 4 nitrogen and oxygen atoms in total. The zero-order chi connectivity index (χ0) is 18.3. The minimum absolute atomic E-state index is 0.0181. The topological polar surface area (TPSA) is 58.6 Å². The van der Waals surface area contributed by atoms with E-state index in [1.807, 2.05) is 39.0 Å². The van der Waals surface area contributed by atoms with Gasteiger partial charge in [0.2, 0.25) is 0 Å². The van der Waals surface area contributed by atoms with E-state index in [-0.39, 0.29) is 10.8 Å². The van der Waals surface area contributed by atoms with Crippen LogP contribution in [0.15, 0.2) is 44.8 Å². The Hall–Kier alpha value is -1.96. The van der Waals surface area contributed by atoms with Gasteiger partial charge < -0.3 is 4.98 Å². The molecule has 0 aliphatic carbocycles. The summed E-state index contributed by atoms with van der Waals surface area (Å²) in [5.74, 6) is 0.699. The fraction of sp³-hybridized carbons (Fsp3) is 0.211. The number of thioether (sulfide) groups is 1. The quantitative estimate of drug-likeness (QED) is 0.455. The summed E-state index contributed by atoms with van der Waals surface area (Å²) in [5.41, 5.74) is 3.06. The molecule has 0 saturated carbocycles. The third-order valence-electron chi connectivity index (χ3n) is 4.27. The SMILES string of the molecule is Cc1sc2nc([C@@H](C)Sc3nc(-c4ccccc4)cs3)[nH]c(=O)c2c1C. The molecule has 3 aromatic heterocycles. The van der Waals surface area contributed by atoms with Gasteiger partial charge in [-0.05, 0) is 26.3 Å². The van der Waals surface area contributed by atoms with Crippen LogP contribution in [-0.2, 0) is 0 Å². The predicted octanol–water partition coefficient (Wildman–Crippen LogP) is 5.58. The van der Waals surface area contributed by atoms with Crippen LogP contribution in [0.1, 0.15) is 28.4 Å². The molecule has 0 spiro atoms. The van der Waals surface area contributed by atoms with Gasteiger partial charge in [0.25, 0.3) is 5.56 Å². The van der Waals surface area contributed by atoms with Crippen molar-refractivity contribution in [2.24, 2.45) is 0 Å². The highest BCUT2D eigenvalue weighted by atomic mass is 32.2. The first-order valence-electron chi connectivity index (χ1n) is 8.20. The summed E-state index contributed by atoms with van der Waals surface area (Å²) in [5, 5.41) is 2.80. The molecule has 7 heteroatoms. The number of hydrogen-bond donors (Lipinski definition) is 1. The molecule has 3 heterocycles. The number of aromatic amines is 1. The van der Waals surface area contributed by atoms with Crippen LogP contribution in [0.5, 0.6) is 0 Å². The van der Waals surface area contributed by atoms with Crippen molar-refractivity contribution < 1.29 is 0 Å². The standard InChI is InChI=1S/C19H17N3OS3/c1-10-11(2)25-18-15(10)17(23)21-16(22-18)12(3)26-19-20-14(9-24-19)13-7-5-4-6-8-13/h4-9,12H,1-3H3,(H,21,22,23)/t12-/m1/s1. The Balaban J connectivity index is 1.61. The molecule has 0 bridgehead atoms. The van der Waals surface area contributed by atoms with Crippen LogP contribution in [0, 0.1) is 13.8 Å². The molecule has 26 heavy (non-hydrogen) atoms. The van der Waals surface area contributed by atoms with Crippen molar-refractivity contribution in [2.45, 2.75) is 30.4 Å². The summed E-state index contributed by atoms with van der Waals surface area (Å²) >= 11 is 4.82. The first-order chi connectivity index (χ1) is 12.5. The van der Waals surface area contributed by atoms with Crippen LogP contribution in [0.2, 0.25) is 0 Å². The maximum Gasteiger partial charge on any atom is 0.259 e. The first kappa shape index (κ1) is 17.5. The molecular weight excluding hydrogens is 382 g/mol. The molecule has 132 valence electrons. The van der Waals surface area contributed by atoms with Crippen LogP contribution in [0.25, 0.3) is 21.5 Å². The summed E-state index contributed by atoms with van der Waals surface area (Å²) in [6.45, 7) is 6.05. The van der Waals surface area contributed by atoms with E-state index in [4.69, 9.17) is 9.97 Å². The number of fused-ring (bicyclic) bond motifs is 1. The van der Waals surface area contributed by atoms with Crippen molar-refractivity contribution in [1.29, 1.82) is 0 Å². The molecule has 0 fully saturated rings. The van der Waals surface area contributed by atoms with Crippen LogP contribution in [0.3, 0.4) is 0 Å². The van der Waals surface area contributed by atoms with E-state index in [1.165, 1.54) is 0 Å². The third-order valence-corrected chi connectivity index (χ3v) is 7.45. The Kier molecular flexibility index (Phi) is 4.69. The van der Waals surface area contributed by atoms with Gasteiger partial charge in [-0.15, -0.1) is 22.7 Å². The van der Waals surface area contributed by atoms with Gasteiger partial charge in [-0.2, -0.15) is 0 Å². The number of nitrogens with one attached hydrogen (secondary N) is 1. The van der Waals surface area contributed by atoms with Gasteiger partial charge in [0, 0.05) is 15.8 Å². The Morgan fingerprint density at radius 1 is 1.15 bits per heavy atom. The van der Waals surface area contributed by atoms with Crippen LogP contribution in [0.4, 0.5) is 0 Å². The minimum atomic E-state index is -0.0524. The number of aromatic nitrogens is 3. The van der Waals surface area contributed by atoms with Crippen molar-refractivity contribution >= 4 is 44.7 Å². The lowest BCUT2D eigenvalue weighted by molar-refractivity contribution is 0.924. The smallest absolute Gasteiger partial charge is 0.259 e. The number of aryl methyl sites for hydroxylation is 2. The van der Waals surface area contributed by atoms with Crippen molar-refractivity contribution in [2.75, 3.05) is 0 Å². The highest BCUT2D eigenvalue weighted by molar-refractivity contribution is 8.01. The minimum Gasteiger partial charge on any atom is -0.309 e. The maximum atomic E-state index is 12.5. The number of thiazole rings is 1. The largest absolute Gasteiger partial charge is 0.309 e. The summed E-state index contributed by atoms with van der Waals surface area (Å²) in [6, 6.07) is 10.1.